The molecule has 1 aromatic heterocycles. The molecule has 0 radical (unpaired) electrons. The zero-order valence-electron chi connectivity index (χ0n) is 8.69. The van der Waals surface area contributed by atoms with Crippen molar-refractivity contribution in [1.29, 1.82) is 0 Å². The third kappa shape index (κ3) is 2.17. The Morgan fingerprint density at radius 3 is 3.20 bits per heavy atom. The molecule has 1 aliphatic heterocycles. The maximum absolute atomic E-state index is 10.2. The second-order valence-electron chi connectivity index (χ2n) is 3.76. The molecule has 0 aromatic carbocycles. The number of aliphatic hydroxyl groups excluding tert-OH is 1. The summed E-state index contributed by atoms with van der Waals surface area (Å²) in [7, 11) is 0. The number of nitrogens with zero attached hydrogens (tertiary/aromatic N) is 2. The first-order valence-electron chi connectivity index (χ1n) is 5.21. The van der Waals surface area contributed by atoms with Crippen molar-refractivity contribution in [1.82, 2.24) is 9.78 Å². The lowest BCUT2D eigenvalue weighted by Gasteiger charge is -2.18. The fourth-order valence-electron chi connectivity index (χ4n) is 1.94. The molecule has 3 nitrogen and oxygen atoms in total. The molecule has 1 saturated heterocycles. The fraction of sp³-hybridized carbons (Fsp3) is 0.700. The molecule has 5 heteroatoms. The highest BCUT2D eigenvalue weighted by Gasteiger charge is 2.29. The fourth-order valence-corrected chi connectivity index (χ4v) is 3.48. The largest absolute Gasteiger partial charge is 0.386 e. The molecule has 84 valence electrons. The normalized spacial score (nSPS) is 23.3. The van der Waals surface area contributed by atoms with Gasteiger partial charge in [0, 0.05) is 12.5 Å². The quantitative estimate of drug-likeness (QED) is 0.890. The minimum atomic E-state index is -0.463. The second kappa shape index (κ2) is 4.76. The molecule has 0 aliphatic carbocycles. The van der Waals surface area contributed by atoms with Crippen molar-refractivity contribution in [3.8, 4) is 0 Å². The number of aryl methyl sites for hydroxylation is 1. The SMILES string of the molecule is CCn1ncc(Cl)c1C(O)C1CCSC1. The van der Waals surface area contributed by atoms with Gasteiger partial charge in [-0.2, -0.15) is 16.9 Å². The molecule has 1 N–H and O–H groups in total. The van der Waals surface area contributed by atoms with Gasteiger partial charge in [-0.05, 0) is 24.9 Å². The van der Waals surface area contributed by atoms with Crippen LogP contribution in [0.25, 0.3) is 0 Å². The standard InChI is InChI=1S/C10H15ClN2OS/c1-2-13-9(8(11)5-12-13)10(14)7-3-4-15-6-7/h5,7,10,14H,2-4,6H2,1H3. The van der Waals surface area contributed by atoms with Gasteiger partial charge in [0.05, 0.1) is 16.9 Å². The van der Waals surface area contributed by atoms with Crippen LogP contribution in [-0.4, -0.2) is 26.4 Å². The van der Waals surface area contributed by atoms with E-state index < -0.39 is 6.10 Å². The lowest BCUT2D eigenvalue weighted by molar-refractivity contribution is 0.112. The van der Waals surface area contributed by atoms with Crippen LogP contribution in [0.3, 0.4) is 0 Å². The average molecular weight is 247 g/mol. The molecule has 0 amide bonds. The minimum absolute atomic E-state index is 0.328. The summed E-state index contributed by atoms with van der Waals surface area (Å²) in [6.45, 7) is 2.75. The topological polar surface area (TPSA) is 38.0 Å². The number of aromatic nitrogens is 2. The van der Waals surface area contributed by atoms with E-state index in [4.69, 9.17) is 11.6 Å². The Hall–Kier alpha value is -0.190. The number of aliphatic hydroxyl groups is 1. The van der Waals surface area contributed by atoms with E-state index in [0.717, 1.165) is 30.2 Å². The van der Waals surface area contributed by atoms with E-state index in [1.54, 1.807) is 10.9 Å². The van der Waals surface area contributed by atoms with Crippen LogP contribution in [0, 0.1) is 5.92 Å². The van der Waals surface area contributed by atoms with Gasteiger partial charge in [0.15, 0.2) is 0 Å². The summed E-state index contributed by atoms with van der Waals surface area (Å²) in [5.41, 5.74) is 0.784. The molecule has 2 unspecified atom stereocenters. The van der Waals surface area contributed by atoms with Crippen molar-refractivity contribution in [3.63, 3.8) is 0 Å². The highest BCUT2D eigenvalue weighted by molar-refractivity contribution is 7.99. The van der Waals surface area contributed by atoms with Gasteiger partial charge in [0.25, 0.3) is 0 Å². The average Bonchev–Trinajstić information content (AvgIpc) is 2.85. The highest BCUT2D eigenvalue weighted by Crippen LogP contribution is 2.36. The number of rotatable bonds is 3. The lowest BCUT2D eigenvalue weighted by Crippen LogP contribution is -2.16. The molecule has 2 heterocycles. The van der Waals surface area contributed by atoms with E-state index in [0.29, 0.717) is 10.9 Å². The first kappa shape index (κ1) is 11.3. The summed E-state index contributed by atoms with van der Waals surface area (Å²) >= 11 is 7.94. The molecule has 2 atom stereocenters. The molecule has 0 bridgehead atoms. The molecule has 1 fully saturated rings. The molecule has 0 spiro atoms. The van der Waals surface area contributed by atoms with Crippen LogP contribution in [0.1, 0.15) is 25.1 Å². The summed E-state index contributed by atoms with van der Waals surface area (Å²) < 4.78 is 1.79. The van der Waals surface area contributed by atoms with E-state index >= 15 is 0 Å². The number of hydrogen-bond donors (Lipinski definition) is 1. The zero-order valence-corrected chi connectivity index (χ0v) is 10.3. The summed E-state index contributed by atoms with van der Waals surface area (Å²) in [5, 5.41) is 15.0. The van der Waals surface area contributed by atoms with Crippen molar-refractivity contribution in [2.45, 2.75) is 26.0 Å². The zero-order chi connectivity index (χ0) is 10.8. The van der Waals surface area contributed by atoms with Crippen molar-refractivity contribution in [2.24, 2.45) is 5.92 Å². The molecular weight excluding hydrogens is 232 g/mol. The van der Waals surface area contributed by atoms with E-state index in [2.05, 4.69) is 5.10 Å². The predicted octanol–water partition coefficient (Wildman–Crippen LogP) is 2.34. The van der Waals surface area contributed by atoms with Crippen LogP contribution < -0.4 is 0 Å². The molecule has 1 aliphatic rings. The van der Waals surface area contributed by atoms with Crippen molar-refractivity contribution < 1.29 is 5.11 Å². The Morgan fingerprint density at radius 1 is 1.80 bits per heavy atom. The van der Waals surface area contributed by atoms with Gasteiger partial charge in [-0.25, -0.2) is 0 Å². The molecule has 1 aromatic rings. The Bertz CT molecular complexity index is 336. The van der Waals surface area contributed by atoms with Crippen LogP contribution in [0.5, 0.6) is 0 Å². The Balaban J connectivity index is 2.22. The molecule has 2 rings (SSSR count). The first-order chi connectivity index (χ1) is 7.24. The smallest absolute Gasteiger partial charge is 0.101 e. The van der Waals surface area contributed by atoms with Crippen molar-refractivity contribution in [3.05, 3.63) is 16.9 Å². The van der Waals surface area contributed by atoms with Gasteiger partial charge in [-0.3, -0.25) is 4.68 Å². The summed E-state index contributed by atoms with van der Waals surface area (Å²) in [6, 6.07) is 0. The molecule has 0 saturated carbocycles. The Morgan fingerprint density at radius 2 is 2.60 bits per heavy atom. The summed E-state index contributed by atoms with van der Waals surface area (Å²) in [6.07, 6.45) is 2.22. The van der Waals surface area contributed by atoms with Crippen molar-refractivity contribution >= 4 is 23.4 Å². The minimum Gasteiger partial charge on any atom is -0.386 e. The maximum atomic E-state index is 10.2. The van der Waals surface area contributed by atoms with Gasteiger partial charge < -0.3 is 5.11 Å². The lowest BCUT2D eigenvalue weighted by atomic mass is 9.99. The van der Waals surface area contributed by atoms with Crippen LogP contribution in [-0.2, 0) is 6.54 Å². The van der Waals surface area contributed by atoms with Crippen LogP contribution in [0.15, 0.2) is 6.20 Å². The van der Waals surface area contributed by atoms with Gasteiger partial charge in [0.2, 0.25) is 0 Å². The van der Waals surface area contributed by atoms with Gasteiger partial charge in [0.1, 0.15) is 6.10 Å². The third-order valence-electron chi connectivity index (χ3n) is 2.82. The Labute approximate surface area is 98.8 Å². The van der Waals surface area contributed by atoms with Crippen LogP contribution in [0.2, 0.25) is 5.02 Å². The number of halogens is 1. The third-order valence-corrected chi connectivity index (χ3v) is 4.30. The summed E-state index contributed by atoms with van der Waals surface area (Å²) in [5.74, 6) is 2.49. The van der Waals surface area contributed by atoms with E-state index in [9.17, 15) is 5.11 Å². The molecule has 15 heavy (non-hydrogen) atoms. The van der Waals surface area contributed by atoms with E-state index in [1.807, 2.05) is 18.7 Å². The summed E-state index contributed by atoms with van der Waals surface area (Å²) in [4.78, 5) is 0. The first-order valence-corrected chi connectivity index (χ1v) is 6.74. The number of thioether (sulfide) groups is 1. The molecular formula is C10H15ClN2OS. The Kier molecular flexibility index (Phi) is 3.59. The van der Waals surface area contributed by atoms with Gasteiger partial charge in [-0.15, -0.1) is 0 Å². The van der Waals surface area contributed by atoms with Crippen LogP contribution >= 0.6 is 23.4 Å². The highest BCUT2D eigenvalue weighted by atomic mass is 35.5. The van der Waals surface area contributed by atoms with Crippen molar-refractivity contribution in [2.75, 3.05) is 11.5 Å². The number of hydrogen-bond acceptors (Lipinski definition) is 3. The van der Waals surface area contributed by atoms with E-state index in [1.165, 1.54) is 0 Å². The van der Waals surface area contributed by atoms with Gasteiger partial charge in [-0.1, -0.05) is 11.6 Å². The monoisotopic (exact) mass is 246 g/mol. The second-order valence-corrected chi connectivity index (χ2v) is 5.32. The van der Waals surface area contributed by atoms with Gasteiger partial charge >= 0.3 is 0 Å². The van der Waals surface area contributed by atoms with Crippen LogP contribution in [0.4, 0.5) is 0 Å². The predicted molar refractivity (Wildman–Crippen MR) is 63.3 cm³/mol. The van der Waals surface area contributed by atoms with E-state index in [-0.39, 0.29) is 0 Å². The maximum Gasteiger partial charge on any atom is 0.101 e.